The lowest BCUT2D eigenvalue weighted by Crippen LogP contribution is -2.37. The molecule has 1 aliphatic rings. The van der Waals surface area contributed by atoms with Crippen molar-refractivity contribution in [3.05, 3.63) is 34.7 Å². The standard InChI is InChI=1S/C17H19NO4S2/c1-17(2,3)22-14(19)10-18-15(20)13(24-16(18)21)9-11-5-7-12(23-4)8-6-11/h5-9H,10H2,1-4H3. The van der Waals surface area contributed by atoms with Crippen LogP contribution in [0, 0.1) is 0 Å². The summed E-state index contributed by atoms with van der Waals surface area (Å²) in [6.45, 7) is 4.83. The highest BCUT2D eigenvalue weighted by atomic mass is 32.2. The lowest BCUT2D eigenvalue weighted by atomic mass is 10.2. The molecule has 1 fully saturated rings. The number of esters is 1. The molecule has 2 rings (SSSR count). The third-order valence-corrected chi connectivity index (χ3v) is 4.65. The highest BCUT2D eigenvalue weighted by Gasteiger charge is 2.37. The highest BCUT2D eigenvalue weighted by Crippen LogP contribution is 2.32. The second-order valence-electron chi connectivity index (χ2n) is 6.13. The molecule has 0 radical (unpaired) electrons. The summed E-state index contributed by atoms with van der Waals surface area (Å²) in [6, 6.07) is 7.66. The Balaban J connectivity index is 2.10. The van der Waals surface area contributed by atoms with Crippen molar-refractivity contribution in [2.75, 3.05) is 12.8 Å². The maximum absolute atomic E-state index is 12.3. The number of ether oxygens (including phenoxy) is 1. The van der Waals surface area contributed by atoms with E-state index in [0.29, 0.717) is 4.91 Å². The third-order valence-electron chi connectivity index (χ3n) is 2.99. The minimum absolute atomic E-state index is 0.306. The summed E-state index contributed by atoms with van der Waals surface area (Å²) in [7, 11) is 0. The largest absolute Gasteiger partial charge is 0.459 e. The topological polar surface area (TPSA) is 63.7 Å². The lowest BCUT2D eigenvalue weighted by Gasteiger charge is -2.21. The minimum Gasteiger partial charge on any atom is -0.459 e. The summed E-state index contributed by atoms with van der Waals surface area (Å²) in [6.07, 6.45) is 3.64. The number of carbonyl (C=O) groups is 3. The van der Waals surface area contributed by atoms with Gasteiger partial charge in [-0.1, -0.05) is 12.1 Å². The number of hydrogen-bond acceptors (Lipinski definition) is 6. The van der Waals surface area contributed by atoms with Crippen LogP contribution in [0.25, 0.3) is 6.08 Å². The van der Waals surface area contributed by atoms with Gasteiger partial charge in [0.25, 0.3) is 11.1 Å². The Morgan fingerprint density at radius 3 is 2.42 bits per heavy atom. The molecule has 0 unspecified atom stereocenters. The molecular formula is C17H19NO4S2. The van der Waals surface area contributed by atoms with Crippen LogP contribution >= 0.6 is 23.5 Å². The molecule has 0 N–H and O–H groups in total. The van der Waals surface area contributed by atoms with E-state index < -0.39 is 22.7 Å². The third kappa shape index (κ3) is 4.88. The van der Waals surface area contributed by atoms with Gasteiger partial charge in [-0.3, -0.25) is 19.3 Å². The van der Waals surface area contributed by atoms with Gasteiger partial charge in [0, 0.05) is 4.90 Å². The van der Waals surface area contributed by atoms with Crippen LogP contribution < -0.4 is 0 Å². The number of amides is 2. The Bertz CT molecular complexity index is 690. The van der Waals surface area contributed by atoms with Gasteiger partial charge in [-0.15, -0.1) is 11.8 Å². The molecule has 1 aromatic rings. The van der Waals surface area contributed by atoms with E-state index >= 15 is 0 Å². The van der Waals surface area contributed by atoms with Gasteiger partial charge in [0.1, 0.15) is 12.1 Å². The number of nitrogens with zero attached hydrogens (tertiary/aromatic N) is 1. The van der Waals surface area contributed by atoms with Crippen molar-refractivity contribution in [2.45, 2.75) is 31.3 Å². The highest BCUT2D eigenvalue weighted by molar-refractivity contribution is 8.18. The molecule has 7 heteroatoms. The van der Waals surface area contributed by atoms with Crippen LogP contribution in [-0.4, -0.2) is 40.4 Å². The zero-order chi connectivity index (χ0) is 17.9. The SMILES string of the molecule is CSc1ccc(C=C2SC(=O)N(CC(=O)OC(C)(C)C)C2=O)cc1. The van der Waals surface area contributed by atoms with E-state index in [1.807, 2.05) is 30.5 Å². The molecule has 0 aromatic heterocycles. The van der Waals surface area contributed by atoms with Crippen molar-refractivity contribution in [3.8, 4) is 0 Å². The maximum Gasteiger partial charge on any atom is 0.326 e. The molecule has 1 aromatic carbocycles. The van der Waals surface area contributed by atoms with Gasteiger partial charge in [0.2, 0.25) is 0 Å². The van der Waals surface area contributed by atoms with Crippen LogP contribution in [0.15, 0.2) is 34.1 Å². The maximum atomic E-state index is 12.3. The zero-order valence-corrected chi connectivity index (χ0v) is 15.6. The van der Waals surface area contributed by atoms with E-state index in [9.17, 15) is 14.4 Å². The van der Waals surface area contributed by atoms with E-state index in [1.165, 1.54) is 0 Å². The molecule has 1 aliphatic heterocycles. The molecular weight excluding hydrogens is 346 g/mol. The van der Waals surface area contributed by atoms with Crippen LogP contribution in [0.5, 0.6) is 0 Å². The molecule has 0 spiro atoms. The van der Waals surface area contributed by atoms with E-state index in [0.717, 1.165) is 27.1 Å². The molecule has 24 heavy (non-hydrogen) atoms. The number of carbonyl (C=O) groups excluding carboxylic acids is 3. The molecule has 128 valence electrons. The fraction of sp³-hybridized carbons (Fsp3) is 0.353. The second kappa shape index (κ2) is 7.44. The smallest absolute Gasteiger partial charge is 0.326 e. The summed E-state index contributed by atoms with van der Waals surface area (Å²) in [5.41, 5.74) is 0.170. The van der Waals surface area contributed by atoms with Crippen LogP contribution in [0.4, 0.5) is 4.79 Å². The van der Waals surface area contributed by atoms with Crippen molar-refractivity contribution in [1.82, 2.24) is 4.90 Å². The fourth-order valence-electron chi connectivity index (χ4n) is 1.99. The van der Waals surface area contributed by atoms with Crippen LogP contribution in [0.2, 0.25) is 0 Å². The first-order chi connectivity index (χ1) is 11.2. The summed E-state index contributed by atoms with van der Waals surface area (Å²) in [5.74, 6) is -1.07. The average Bonchev–Trinajstić information content (AvgIpc) is 2.74. The molecule has 1 heterocycles. The van der Waals surface area contributed by atoms with Crippen molar-refractivity contribution >= 4 is 46.7 Å². The minimum atomic E-state index is -0.659. The van der Waals surface area contributed by atoms with Crippen LogP contribution in [-0.2, 0) is 14.3 Å². The quantitative estimate of drug-likeness (QED) is 0.460. The fourth-order valence-corrected chi connectivity index (χ4v) is 3.24. The van der Waals surface area contributed by atoms with Gasteiger partial charge >= 0.3 is 5.97 Å². The first-order valence-corrected chi connectivity index (χ1v) is 9.35. The predicted molar refractivity (Wildman–Crippen MR) is 96.7 cm³/mol. The normalized spacial score (nSPS) is 16.8. The number of rotatable bonds is 4. The molecule has 1 saturated heterocycles. The monoisotopic (exact) mass is 365 g/mol. The van der Waals surface area contributed by atoms with Gasteiger partial charge in [0.05, 0.1) is 4.91 Å². The summed E-state index contributed by atoms with van der Waals surface area (Å²) in [4.78, 5) is 38.5. The van der Waals surface area contributed by atoms with Crippen molar-refractivity contribution in [2.24, 2.45) is 0 Å². The van der Waals surface area contributed by atoms with Crippen molar-refractivity contribution in [1.29, 1.82) is 0 Å². The Kier molecular flexibility index (Phi) is 5.77. The Morgan fingerprint density at radius 2 is 1.88 bits per heavy atom. The number of hydrogen-bond donors (Lipinski definition) is 0. The summed E-state index contributed by atoms with van der Waals surface area (Å²) >= 11 is 2.46. The molecule has 0 atom stereocenters. The Hall–Kier alpha value is -1.73. The molecule has 5 nitrogen and oxygen atoms in total. The van der Waals surface area contributed by atoms with Crippen LogP contribution in [0.1, 0.15) is 26.3 Å². The van der Waals surface area contributed by atoms with Crippen molar-refractivity contribution in [3.63, 3.8) is 0 Å². The molecule has 0 aliphatic carbocycles. The number of thioether (sulfide) groups is 2. The van der Waals surface area contributed by atoms with E-state index in [1.54, 1.807) is 38.6 Å². The molecule has 2 amide bonds. The van der Waals surface area contributed by atoms with Gasteiger partial charge < -0.3 is 4.74 Å². The van der Waals surface area contributed by atoms with Gasteiger partial charge in [0.15, 0.2) is 0 Å². The van der Waals surface area contributed by atoms with Crippen molar-refractivity contribution < 1.29 is 19.1 Å². The van der Waals surface area contributed by atoms with Gasteiger partial charge in [-0.05, 0) is 62.6 Å². The molecule has 0 saturated carbocycles. The van der Waals surface area contributed by atoms with E-state index in [-0.39, 0.29) is 6.54 Å². The molecule has 0 bridgehead atoms. The van der Waals surface area contributed by atoms with E-state index in [4.69, 9.17) is 4.74 Å². The predicted octanol–water partition coefficient (Wildman–Crippen LogP) is 3.79. The number of benzene rings is 1. The summed E-state index contributed by atoms with van der Waals surface area (Å²) in [5, 5.41) is -0.460. The Morgan fingerprint density at radius 1 is 1.25 bits per heavy atom. The first kappa shape index (κ1) is 18.6. The van der Waals surface area contributed by atoms with Gasteiger partial charge in [-0.25, -0.2) is 0 Å². The van der Waals surface area contributed by atoms with E-state index in [2.05, 4.69) is 0 Å². The number of imide groups is 1. The Labute approximate surface area is 149 Å². The first-order valence-electron chi connectivity index (χ1n) is 7.31. The average molecular weight is 365 g/mol. The van der Waals surface area contributed by atoms with Gasteiger partial charge in [-0.2, -0.15) is 0 Å². The second-order valence-corrected chi connectivity index (χ2v) is 8.00. The van der Waals surface area contributed by atoms with Crippen LogP contribution in [0.3, 0.4) is 0 Å². The lowest BCUT2D eigenvalue weighted by molar-refractivity contribution is -0.156. The zero-order valence-electron chi connectivity index (χ0n) is 14.0. The summed E-state index contributed by atoms with van der Waals surface area (Å²) < 4.78 is 5.16.